The third-order valence-corrected chi connectivity index (χ3v) is 4.88. The van der Waals surface area contributed by atoms with Crippen LogP contribution >= 0.6 is 0 Å². The Labute approximate surface area is 160 Å². The van der Waals surface area contributed by atoms with Gasteiger partial charge in [0, 0.05) is 45.3 Å². The lowest BCUT2D eigenvalue weighted by atomic mass is 10.2. The van der Waals surface area contributed by atoms with Gasteiger partial charge in [0.15, 0.2) is 11.6 Å². The molecule has 11 nitrogen and oxygen atoms in total. The van der Waals surface area contributed by atoms with Gasteiger partial charge in [0.05, 0.1) is 31.2 Å². The molecule has 2 aromatic heterocycles. The summed E-state index contributed by atoms with van der Waals surface area (Å²) in [5.41, 5.74) is 0.956. The van der Waals surface area contributed by atoms with Crippen LogP contribution in [0.3, 0.4) is 0 Å². The van der Waals surface area contributed by atoms with Crippen molar-refractivity contribution in [1.29, 1.82) is 0 Å². The Morgan fingerprint density at radius 2 is 1.82 bits per heavy atom. The zero-order valence-electron chi connectivity index (χ0n) is 15.2. The maximum absolute atomic E-state index is 12.5. The first-order valence-electron chi connectivity index (χ1n) is 9.06. The van der Waals surface area contributed by atoms with Crippen molar-refractivity contribution < 1.29 is 18.9 Å². The van der Waals surface area contributed by atoms with Gasteiger partial charge in [0.2, 0.25) is 0 Å². The summed E-state index contributed by atoms with van der Waals surface area (Å²) in [4.78, 5) is 28.5. The molecule has 0 saturated carbocycles. The van der Waals surface area contributed by atoms with Crippen molar-refractivity contribution in [3.63, 3.8) is 0 Å². The molecule has 4 rings (SSSR count). The van der Waals surface area contributed by atoms with Crippen LogP contribution in [-0.4, -0.2) is 78.4 Å². The Balaban J connectivity index is 1.38. The lowest BCUT2D eigenvalue weighted by molar-refractivity contribution is -0.402. The number of carbonyl (C=O) groups is 1. The summed E-state index contributed by atoms with van der Waals surface area (Å²) in [7, 11) is 0. The standard InChI is InChI=1S/C17H20N6O5/c24-17(14-1-2-16(28-14)23(25)26)22-5-3-20(4-6-22)13-11-15(19-18-12-13)21-7-9-27-10-8-21/h1-2,11-12H,3-10H2. The highest BCUT2D eigenvalue weighted by Gasteiger charge is 2.26. The SMILES string of the molecule is O=C(c1ccc([N+](=O)[O-])o1)N1CCN(c2cnnc(N3CCOCC3)c2)CC1. The van der Waals surface area contributed by atoms with E-state index < -0.39 is 10.8 Å². The van der Waals surface area contributed by atoms with Gasteiger partial charge in [-0.05, 0) is 6.07 Å². The van der Waals surface area contributed by atoms with Gasteiger partial charge >= 0.3 is 5.88 Å². The minimum atomic E-state index is -0.656. The molecule has 11 heteroatoms. The van der Waals surface area contributed by atoms with Gasteiger partial charge < -0.3 is 23.9 Å². The summed E-state index contributed by atoms with van der Waals surface area (Å²) >= 11 is 0. The maximum atomic E-state index is 12.5. The number of anilines is 2. The molecule has 0 bridgehead atoms. The van der Waals surface area contributed by atoms with Crippen LogP contribution < -0.4 is 9.80 Å². The van der Waals surface area contributed by atoms with Crippen LogP contribution in [0, 0.1) is 10.1 Å². The molecule has 0 radical (unpaired) electrons. The van der Waals surface area contributed by atoms with Crippen molar-refractivity contribution in [2.75, 3.05) is 62.3 Å². The van der Waals surface area contributed by atoms with Crippen molar-refractivity contribution in [1.82, 2.24) is 15.1 Å². The molecule has 0 unspecified atom stereocenters. The van der Waals surface area contributed by atoms with E-state index in [1.165, 1.54) is 12.1 Å². The summed E-state index contributed by atoms with van der Waals surface area (Å²) in [5, 5.41) is 19.1. The van der Waals surface area contributed by atoms with Crippen molar-refractivity contribution >= 4 is 23.3 Å². The fourth-order valence-corrected chi connectivity index (χ4v) is 3.33. The predicted molar refractivity (Wildman–Crippen MR) is 98.5 cm³/mol. The number of hydrogen-bond donors (Lipinski definition) is 0. The molecule has 0 spiro atoms. The number of furan rings is 1. The van der Waals surface area contributed by atoms with E-state index in [1.807, 2.05) is 6.07 Å². The van der Waals surface area contributed by atoms with Gasteiger partial charge in [0.25, 0.3) is 5.91 Å². The molecular weight excluding hydrogens is 368 g/mol. The second-order valence-electron chi connectivity index (χ2n) is 6.55. The van der Waals surface area contributed by atoms with E-state index in [4.69, 9.17) is 9.15 Å². The van der Waals surface area contributed by atoms with Crippen molar-refractivity contribution in [3.8, 4) is 0 Å². The molecule has 148 valence electrons. The Bertz CT molecular complexity index is 857. The number of morpholine rings is 1. The molecule has 0 N–H and O–H groups in total. The normalized spacial score (nSPS) is 17.6. The van der Waals surface area contributed by atoms with Crippen molar-refractivity contribution in [2.45, 2.75) is 0 Å². The van der Waals surface area contributed by atoms with Crippen LogP contribution in [-0.2, 0) is 4.74 Å². The number of nitrogens with zero attached hydrogens (tertiary/aromatic N) is 6. The first kappa shape index (κ1) is 18.2. The molecule has 28 heavy (non-hydrogen) atoms. The first-order chi connectivity index (χ1) is 13.6. The Morgan fingerprint density at radius 3 is 2.50 bits per heavy atom. The van der Waals surface area contributed by atoms with Gasteiger partial charge in [-0.1, -0.05) is 0 Å². The average Bonchev–Trinajstić information content (AvgIpc) is 3.25. The Hall–Kier alpha value is -3.21. The van der Waals surface area contributed by atoms with Crippen LogP contribution in [0.2, 0.25) is 0 Å². The molecule has 0 aliphatic carbocycles. The number of hydrogen-bond acceptors (Lipinski definition) is 9. The van der Waals surface area contributed by atoms with E-state index in [0.717, 1.165) is 24.6 Å². The second-order valence-corrected chi connectivity index (χ2v) is 6.55. The number of rotatable bonds is 4. The summed E-state index contributed by atoms with van der Waals surface area (Å²) < 4.78 is 10.4. The van der Waals surface area contributed by atoms with Crippen LogP contribution in [0.15, 0.2) is 28.8 Å². The van der Waals surface area contributed by atoms with Gasteiger partial charge in [-0.15, -0.1) is 5.10 Å². The number of piperazine rings is 1. The molecular formula is C17H20N6O5. The van der Waals surface area contributed by atoms with E-state index >= 15 is 0 Å². The molecule has 2 aliphatic heterocycles. The van der Waals surface area contributed by atoms with E-state index in [9.17, 15) is 14.9 Å². The van der Waals surface area contributed by atoms with Crippen LogP contribution in [0.4, 0.5) is 17.4 Å². The largest absolute Gasteiger partial charge is 0.433 e. The van der Waals surface area contributed by atoms with Gasteiger partial charge in [-0.3, -0.25) is 14.9 Å². The fraction of sp³-hybridized carbons (Fsp3) is 0.471. The van der Waals surface area contributed by atoms with Gasteiger partial charge in [-0.25, -0.2) is 0 Å². The second kappa shape index (κ2) is 7.80. The highest BCUT2D eigenvalue weighted by molar-refractivity contribution is 5.92. The number of nitro groups is 1. The van der Waals surface area contributed by atoms with Crippen molar-refractivity contribution in [2.24, 2.45) is 0 Å². The smallest absolute Gasteiger partial charge is 0.395 e. The summed E-state index contributed by atoms with van der Waals surface area (Å²) in [5.74, 6) is 0.0395. The van der Waals surface area contributed by atoms with Crippen molar-refractivity contribution in [3.05, 3.63) is 40.3 Å². The lowest BCUT2D eigenvalue weighted by Gasteiger charge is -2.36. The fourth-order valence-electron chi connectivity index (χ4n) is 3.33. The summed E-state index contributed by atoms with van der Waals surface area (Å²) in [6.07, 6.45) is 1.72. The highest BCUT2D eigenvalue weighted by Crippen LogP contribution is 2.22. The molecule has 0 atom stereocenters. The predicted octanol–water partition coefficient (Wildman–Crippen LogP) is 0.777. The van der Waals surface area contributed by atoms with Crippen LogP contribution in [0.1, 0.15) is 10.6 Å². The topological polar surface area (TPSA) is 118 Å². The summed E-state index contributed by atoms with van der Waals surface area (Å²) in [6, 6.07) is 4.54. The Kier molecular flexibility index (Phi) is 5.06. The first-order valence-corrected chi connectivity index (χ1v) is 9.06. The molecule has 2 saturated heterocycles. The zero-order chi connectivity index (χ0) is 19.5. The van der Waals surface area contributed by atoms with Gasteiger partial charge in [-0.2, -0.15) is 5.10 Å². The highest BCUT2D eigenvalue weighted by atomic mass is 16.6. The number of aromatic nitrogens is 2. The number of amides is 1. The van der Waals surface area contributed by atoms with E-state index in [2.05, 4.69) is 20.0 Å². The minimum absolute atomic E-state index is 0.0136. The monoisotopic (exact) mass is 388 g/mol. The summed E-state index contributed by atoms with van der Waals surface area (Å²) in [6.45, 7) is 5.16. The lowest BCUT2D eigenvalue weighted by Crippen LogP contribution is -2.48. The molecule has 2 fully saturated rings. The number of carbonyl (C=O) groups excluding carboxylic acids is 1. The average molecular weight is 388 g/mol. The van der Waals surface area contributed by atoms with Crippen LogP contribution in [0.25, 0.3) is 0 Å². The zero-order valence-corrected chi connectivity index (χ0v) is 15.2. The van der Waals surface area contributed by atoms with E-state index in [0.29, 0.717) is 39.4 Å². The molecule has 0 aromatic carbocycles. The molecule has 2 aliphatic rings. The van der Waals surface area contributed by atoms with Crippen LogP contribution in [0.5, 0.6) is 0 Å². The van der Waals surface area contributed by atoms with Gasteiger partial charge in [0.1, 0.15) is 4.92 Å². The Morgan fingerprint density at radius 1 is 1.07 bits per heavy atom. The molecule has 1 amide bonds. The maximum Gasteiger partial charge on any atom is 0.433 e. The molecule has 2 aromatic rings. The minimum Gasteiger partial charge on any atom is -0.395 e. The molecule has 4 heterocycles. The van der Waals surface area contributed by atoms with E-state index in [1.54, 1.807) is 11.1 Å². The van der Waals surface area contributed by atoms with E-state index in [-0.39, 0.29) is 11.7 Å². The third kappa shape index (κ3) is 3.74. The third-order valence-electron chi connectivity index (χ3n) is 4.88. The quantitative estimate of drug-likeness (QED) is 0.553. The number of ether oxygens (including phenoxy) is 1.